The van der Waals surface area contributed by atoms with Gasteiger partial charge in [-0.25, -0.2) is 23.4 Å². The van der Waals surface area contributed by atoms with Crippen molar-refractivity contribution >= 4 is 49.1 Å². The third-order valence-electron chi connectivity index (χ3n) is 6.39. The molecule has 3 N–H and O–H groups in total. The summed E-state index contributed by atoms with van der Waals surface area (Å²) in [5, 5.41) is 9.32. The predicted molar refractivity (Wildman–Crippen MR) is 149 cm³/mol. The quantitative estimate of drug-likeness (QED) is 0.270. The normalized spacial score (nSPS) is 12.6. The molecule has 6 rings (SSSR count). The summed E-state index contributed by atoms with van der Waals surface area (Å²) in [4.78, 5) is 41.7. The van der Waals surface area contributed by atoms with Crippen molar-refractivity contribution in [3.63, 3.8) is 0 Å². The van der Waals surface area contributed by atoms with Crippen LogP contribution in [0, 0.1) is 0 Å². The predicted octanol–water partition coefficient (Wildman–Crippen LogP) is 3.40. The largest absolute Gasteiger partial charge is 0.361 e. The molecule has 0 aliphatic carbocycles. The summed E-state index contributed by atoms with van der Waals surface area (Å²) in [6, 6.07) is 13.8. The highest BCUT2D eigenvalue weighted by Crippen LogP contribution is 2.35. The summed E-state index contributed by atoms with van der Waals surface area (Å²) in [7, 11) is -4.27. The highest BCUT2D eigenvalue weighted by molar-refractivity contribution is 7.91. The Bertz CT molecular complexity index is 2120. The monoisotopic (exact) mass is 574 g/mol. The van der Waals surface area contributed by atoms with Crippen LogP contribution in [0.3, 0.4) is 0 Å². The highest BCUT2D eigenvalue weighted by Gasteiger charge is 2.29. The van der Waals surface area contributed by atoms with Crippen LogP contribution in [0.25, 0.3) is 27.5 Å². The van der Waals surface area contributed by atoms with Crippen molar-refractivity contribution < 1.29 is 8.42 Å². The molecule has 6 aromatic rings. The van der Waals surface area contributed by atoms with Crippen LogP contribution in [0.5, 0.6) is 0 Å². The summed E-state index contributed by atoms with van der Waals surface area (Å²) < 4.78 is 28.2. The van der Waals surface area contributed by atoms with Gasteiger partial charge in [0.2, 0.25) is 9.84 Å². The third kappa shape index (κ3) is 4.03. The minimum absolute atomic E-state index is 0.110. The molecule has 0 aliphatic heterocycles. The lowest BCUT2D eigenvalue weighted by Gasteiger charge is -2.23. The Morgan fingerprint density at radius 1 is 0.975 bits per heavy atom. The maximum Gasteiger partial charge on any atom is 0.271 e. The number of benzene rings is 2. The van der Waals surface area contributed by atoms with Gasteiger partial charge in [0.05, 0.1) is 27.0 Å². The van der Waals surface area contributed by atoms with E-state index in [0.717, 1.165) is 6.33 Å². The number of sulfone groups is 1. The number of fused-ring (bicyclic) bond motifs is 2. The second-order valence-electron chi connectivity index (χ2n) is 8.79. The second-order valence-corrected chi connectivity index (χ2v) is 11.0. The van der Waals surface area contributed by atoms with Crippen LogP contribution in [0.4, 0.5) is 5.82 Å². The van der Waals surface area contributed by atoms with Gasteiger partial charge in [0.15, 0.2) is 5.43 Å². The number of H-pyrrole nitrogens is 2. The van der Waals surface area contributed by atoms with Crippen LogP contribution in [-0.4, -0.2) is 43.1 Å². The zero-order chi connectivity index (χ0) is 28.0. The Balaban J connectivity index is 1.63. The molecule has 0 amide bonds. The number of para-hydroxylation sites is 1. The smallest absolute Gasteiger partial charge is 0.271 e. The van der Waals surface area contributed by atoms with Gasteiger partial charge in [0.25, 0.3) is 10.7 Å². The van der Waals surface area contributed by atoms with Gasteiger partial charge >= 0.3 is 0 Å². The molecule has 0 saturated carbocycles. The summed E-state index contributed by atoms with van der Waals surface area (Å²) in [5.41, 5.74) is 0.210. The number of aromatic amines is 2. The first-order valence-electron chi connectivity index (χ1n) is 11.9. The topological polar surface area (TPSA) is 168 Å². The van der Waals surface area contributed by atoms with E-state index in [1.807, 2.05) is 0 Å². The van der Waals surface area contributed by atoms with Crippen LogP contribution < -0.4 is 16.3 Å². The van der Waals surface area contributed by atoms with E-state index < -0.39 is 26.6 Å². The number of hydrogen-bond donors (Lipinski definition) is 3. The maximum absolute atomic E-state index is 14.2. The van der Waals surface area contributed by atoms with Crippen molar-refractivity contribution in [3.8, 4) is 5.69 Å². The number of anilines is 1. The maximum atomic E-state index is 14.2. The fourth-order valence-corrected chi connectivity index (χ4v) is 6.34. The van der Waals surface area contributed by atoms with Gasteiger partial charge in [0.1, 0.15) is 29.5 Å². The Hall–Kier alpha value is -4.88. The molecule has 12 nitrogen and oxygen atoms in total. The Morgan fingerprint density at radius 3 is 2.52 bits per heavy atom. The molecule has 14 heteroatoms. The molecule has 0 bridgehead atoms. The molecule has 1 atom stereocenters. The average molecular weight is 575 g/mol. The number of nitrogens with one attached hydrogen (secondary N) is 3. The van der Waals surface area contributed by atoms with Gasteiger partial charge in [-0.2, -0.15) is 0 Å². The highest BCUT2D eigenvalue weighted by atomic mass is 35.5. The van der Waals surface area contributed by atoms with Crippen LogP contribution in [0.2, 0.25) is 5.02 Å². The molecule has 2 aromatic carbocycles. The second kappa shape index (κ2) is 9.70. The number of rotatable bonds is 6. The van der Waals surface area contributed by atoms with E-state index in [1.54, 1.807) is 43.3 Å². The first-order valence-corrected chi connectivity index (χ1v) is 13.8. The molecule has 4 aromatic heterocycles. The molecule has 0 radical (unpaired) electrons. The summed E-state index contributed by atoms with van der Waals surface area (Å²) in [6.45, 7) is 1.76. The zero-order valence-electron chi connectivity index (χ0n) is 20.7. The van der Waals surface area contributed by atoms with Crippen LogP contribution in [-0.2, 0) is 9.84 Å². The Kier molecular flexibility index (Phi) is 6.16. The average Bonchev–Trinajstić information content (AvgIpc) is 3.51. The fourth-order valence-electron chi connectivity index (χ4n) is 4.65. The van der Waals surface area contributed by atoms with Gasteiger partial charge in [-0.3, -0.25) is 19.3 Å². The molecule has 0 spiro atoms. The summed E-state index contributed by atoms with van der Waals surface area (Å²) >= 11 is 6.99. The number of nitrogens with zero attached hydrogens (tertiary/aromatic N) is 5. The van der Waals surface area contributed by atoms with Gasteiger partial charge in [-0.15, -0.1) is 5.10 Å². The number of halogens is 1. The SMILES string of the molecule is C[C@H](Nc1ncnc2[nH]ccc(=O)c12)c1c(Cl)c2cccc(S(=O)(=O)c3nc[nH]n3)c2c(=O)n1-c1ccccc1. The van der Waals surface area contributed by atoms with E-state index in [0.29, 0.717) is 17.0 Å². The fraction of sp³-hybridized carbons (Fsp3) is 0.0769. The molecule has 0 unspecified atom stereocenters. The third-order valence-corrected chi connectivity index (χ3v) is 8.39. The standard InChI is InChI=1S/C26H19ClN8O4S/c1-14(33-24-20-17(36)10-11-28-23(20)29-12-30-24)22-21(27)16-8-5-9-18(40(38,39)26-31-13-32-34-26)19(16)25(37)35(22)15-6-3-2-4-7-15/h2-14H,1H3,(H,31,32,34)(H2,28,29,30,33,36)/t14-/m0/s1. The summed E-state index contributed by atoms with van der Waals surface area (Å²) in [5.74, 6) is 0.239. The number of pyridine rings is 2. The van der Waals surface area contributed by atoms with Gasteiger partial charge < -0.3 is 10.3 Å². The van der Waals surface area contributed by atoms with Crippen molar-refractivity contribution in [2.75, 3.05) is 5.32 Å². The molecule has 4 heterocycles. The van der Waals surface area contributed by atoms with E-state index in [4.69, 9.17) is 11.6 Å². The van der Waals surface area contributed by atoms with E-state index in [9.17, 15) is 18.0 Å². The van der Waals surface area contributed by atoms with Crippen LogP contribution >= 0.6 is 11.6 Å². The first-order chi connectivity index (χ1) is 19.3. The van der Waals surface area contributed by atoms with E-state index >= 15 is 0 Å². The van der Waals surface area contributed by atoms with Crippen molar-refractivity contribution in [2.24, 2.45) is 0 Å². The number of hydrogen-bond acceptors (Lipinski definition) is 9. The Morgan fingerprint density at radius 2 is 1.77 bits per heavy atom. The van der Waals surface area contributed by atoms with Gasteiger partial charge in [-0.1, -0.05) is 41.9 Å². The molecule has 200 valence electrons. The van der Waals surface area contributed by atoms with Crippen molar-refractivity contribution in [1.82, 2.24) is 34.7 Å². The van der Waals surface area contributed by atoms with Crippen molar-refractivity contribution in [3.05, 3.63) is 105 Å². The molecule has 40 heavy (non-hydrogen) atoms. The molecular weight excluding hydrogens is 556 g/mol. The molecular formula is C26H19ClN8O4S. The number of aromatic nitrogens is 7. The Labute approximate surface area is 230 Å². The van der Waals surface area contributed by atoms with Crippen LogP contribution in [0.15, 0.2) is 93.1 Å². The first kappa shape index (κ1) is 25.4. The molecule has 0 fully saturated rings. The van der Waals surface area contributed by atoms with Crippen LogP contribution in [0.1, 0.15) is 18.7 Å². The lowest BCUT2D eigenvalue weighted by Crippen LogP contribution is -2.27. The lowest BCUT2D eigenvalue weighted by atomic mass is 10.1. The van der Waals surface area contributed by atoms with Gasteiger partial charge in [-0.05, 0) is 25.1 Å². The molecule has 0 saturated heterocycles. The van der Waals surface area contributed by atoms with E-state index in [2.05, 4.69) is 35.5 Å². The molecule has 0 aliphatic rings. The van der Waals surface area contributed by atoms with E-state index in [-0.39, 0.29) is 37.3 Å². The van der Waals surface area contributed by atoms with E-state index in [1.165, 1.54) is 35.3 Å². The van der Waals surface area contributed by atoms with Crippen molar-refractivity contribution in [1.29, 1.82) is 0 Å². The minimum Gasteiger partial charge on any atom is -0.361 e. The van der Waals surface area contributed by atoms with Gasteiger partial charge in [0, 0.05) is 23.3 Å². The van der Waals surface area contributed by atoms with Crippen molar-refractivity contribution in [2.45, 2.75) is 23.0 Å². The lowest BCUT2D eigenvalue weighted by molar-refractivity contribution is 0.588. The summed E-state index contributed by atoms with van der Waals surface area (Å²) in [6.07, 6.45) is 3.93. The minimum atomic E-state index is -4.27. The zero-order valence-corrected chi connectivity index (χ0v) is 22.2.